The SMILES string of the molecule is CC(C)N1CCCC(NC2CCCC2n2ccnc2)CC1. The largest absolute Gasteiger partial charge is 0.333 e. The Morgan fingerprint density at radius 3 is 2.76 bits per heavy atom. The van der Waals surface area contributed by atoms with Crippen LogP contribution in [-0.4, -0.2) is 45.7 Å². The van der Waals surface area contributed by atoms with Gasteiger partial charge in [0, 0.05) is 36.6 Å². The van der Waals surface area contributed by atoms with Crippen molar-refractivity contribution in [3.05, 3.63) is 18.7 Å². The molecule has 0 spiro atoms. The zero-order chi connectivity index (χ0) is 14.7. The molecule has 3 unspecified atom stereocenters. The minimum Gasteiger partial charge on any atom is -0.333 e. The van der Waals surface area contributed by atoms with E-state index in [2.05, 4.69) is 39.8 Å². The van der Waals surface area contributed by atoms with Gasteiger partial charge in [0.05, 0.1) is 6.33 Å². The van der Waals surface area contributed by atoms with E-state index in [0.717, 1.165) is 0 Å². The average molecular weight is 290 g/mol. The summed E-state index contributed by atoms with van der Waals surface area (Å²) in [6.07, 6.45) is 13.9. The van der Waals surface area contributed by atoms with E-state index in [1.807, 2.05) is 12.5 Å². The summed E-state index contributed by atoms with van der Waals surface area (Å²) in [5.74, 6) is 0. The predicted octanol–water partition coefficient (Wildman–Crippen LogP) is 2.83. The quantitative estimate of drug-likeness (QED) is 0.925. The predicted molar refractivity (Wildman–Crippen MR) is 86.4 cm³/mol. The molecule has 1 saturated heterocycles. The molecule has 1 aliphatic carbocycles. The monoisotopic (exact) mass is 290 g/mol. The fraction of sp³-hybridized carbons (Fsp3) is 0.824. The minimum atomic E-state index is 0.608. The Hall–Kier alpha value is -0.870. The number of imidazole rings is 1. The summed E-state index contributed by atoms with van der Waals surface area (Å²) in [6, 6.07) is 2.63. The van der Waals surface area contributed by atoms with Crippen LogP contribution < -0.4 is 5.32 Å². The molecule has 4 heteroatoms. The second-order valence-corrected chi connectivity index (χ2v) is 7.04. The number of likely N-dealkylation sites (tertiary alicyclic amines) is 1. The molecule has 3 rings (SSSR count). The number of hydrogen-bond acceptors (Lipinski definition) is 3. The number of hydrogen-bond donors (Lipinski definition) is 1. The van der Waals surface area contributed by atoms with E-state index in [1.165, 1.54) is 51.6 Å². The van der Waals surface area contributed by atoms with Gasteiger partial charge in [-0.3, -0.25) is 0 Å². The van der Waals surface area contributed by atoms with Crippen molar-refractivity contribution < 1.29 is 0 Å². The Kier molecular flexibility index (Phi) is 4.96. The van der Waals surface area contributed by atoms with Gasteiger partial charge >= 0.3 is 0 Å². The summed E-state index contributed by atoms with van der Waals surface area (Å²) in [5.41, 5.74) is 0. The van der Waals surface area contributed by atoms with E-state index in [4.69, 9.17) is 0 Å². The van der Waals surface area contributed by atoms with E-state index >= 15 is 0 Å². The molecule has 1 N–H and O–H groups in total. The second-order valence-electron chi connectivity index (χ2n) is 7.04. The summed E-state index contributed by atoms with van der Waals surface area (Å²) in [6.45, 7) is 7.16. The molecular formula is C17H30N4. The average Bonchev–Trinajstić information content (AvgIpc) is 3.07. The first-order chi connectivity index (χ1) is 10.2. The minimum absolute atomic E-state index is 0.608. The molecule has 2 fully saturated rings. The lowest BCUT2D eigenvalue weighted by atomic mass is 10.1. The lowest BCUT2D eigenvalue weighted by molar-refractivity contribution is 0.227. The highest BCUT2D eigenvalue weighted by atomic mass is 15.2. The Balaban J connectivity index is 1.56. The van der Waals surface area contributed by atoms with Gasteiger partial charge < -0.3 is 14.8 Å². The van der Waals surface area contributed by atoms with Crippen molar-refractivity contribution >= 4 is 0 Å². The van der Waals surface area contributed by atoms with Gasteiger partial charge in [-0.2, -0.15) is 0 Å². The van der Waals surface area contributed by atoms with Gasteiger partial charge in [0.2, 0.25) is 0 Å². The molecule has 21 heavy (non-hydrogen) atoms. The van der Waals surface area contributed by atoms with E-state index < -0.39 is 0 Å². The highest BCUT2D eigenvalue weighted by Gasteiger charge is 2.30. The molecule has 2 heterocycles. The van der Waals surface area contributed by atoms with Crippen LogP contribution in [0.15, 0.2) is 18.7 Å². The summed E-state index contributed by atoms with van der Waals surface area (Å²) in [4.78, 5) is 6.85. The molecule has 2 aliphatic rings. The molecule has 118 valence electrons. The maximum absolute atomic E-state index is 4.22. The molecule has 3 atom stereocenters. The van der Waals surface area contributed by atoms with Gasteiger partial charge in [0.25, 0.3) is 0 Å². The van der Waals surface area contributed by atoms with Crippen molar-refractivity contribution in [3.8, 4) is 0 Å². The second kappa shape index (κ2) is 6.93. The zero-order valence-electron chi connectivity index (χ0n) is 13.5. The fourth-order valence-electron chi connectivity index (χ4n) is 4.06. The Labute approximate surface area is 128 Å². The summed E-state index contributed by atoms with van der Waals surface area (Å²) < 4.78 is 2.31. The van der Waals surface area contributed by atoms with Crippen LogP contribution in [-0.2, 0) is 0 Å². The van der Waals surface area contributed by atoms with Crippen molar-refractivity contribution in [1.82, 2.24) is 19.8 Å². The Morgan fingerprint density at radius 1 is 1.10 bits per heavy atom. The van der Waals surface area contributed by atoms with Crippen LogP contribution in [0.4, 0.5) is 0 Å². The topological polar surface area (TPSA) is 33.1 Å². The molecule has 0 aromatic carbocycles. The van der Waals surface area contributed by atoms with Crippen LogP contribution in [0.25, 0.3) is 0 Å². The summed E-state index contributed by atoms with van der Waals surface area (Å²) in [7, 11) is 0. The number of aromatic nitrogens is 2. The normalized spacial score (nSPS) is 31.7. The first-order valence-corrected chi connectivity index (χ1v) is 8.71. The molecule has 1 aliphatic heterocycles. The molecule has 0 amide bonds. The molecular weight excluding hydrogens is 260 g/mol. The molecule has 4 nitrogen and oxygen atoms in total. The first-order valence-electron chi connectivity index (χ1n) is 8.71. The molecule has 0 radical (unpaired) electrons. The fourth-order valence-corrected chi connectivity index (χ4v) is 4.06. The van der Waals surface area contributed by atoms with Gasteiger partial charge in [-0.15, -0.1) is 0 Å². The van der Waals surface area contributed by atoms with Gasteiger partial charge in [-0.05, 0) is 65.5 Å². The summed E-state index contributed by atoms with van der Waals surface area (Å²) >= 11 is 0. The molecule has 0 bridgehead atoms. The third-order valence-corrected chi connectivity index (χ3v) is 5.33. The van der Waals surface area contributed by atoms with Gasteiger partial charge in [0.1, 0.15) is 0 Å². The maximum Gasteiger partial charge on any atom is 0.0949 e. The first kappa shape index (κ1) is 15.0. The van der Waals surface area contributed by atoms with Gasteiger partial charge in [0.15, 0.2) is 0 Å². The maximum atomic E-state index is 4.22. The third-order valence-electron chi connectivity index (χ3n) is 5.33. The Morgan fingerprint density at radius 2 is 2.00 bits per heavy atom. The van der Waals surface area contributed by atoms with Crippen molar-refractivity contribution in [3.63, 3.8) is 0 Å². The van der Waals surface area contributed by atoms with E-state index in [1.54, 1.807) is 0 Å². The van der Waals surface area contributed by atoms with Crippen molar-refractivity contribution in [2.24, 2.45) is 0 Å². The molecule has 1 aromatic heterocycles. The lowest BCUT2D eigenvalue weighted by Crippen LogP contribution is -2.41. The van der Waals surface area contributed by atoms with Gasteiger partial charge in [-0.25, -0.2) is 4.98 Å². The summed E-state index contributed by atoms with van der Waals surface area (Å²) in [5, 5.41) is 3.98. The van der Waals surface area contributed by atoms with Crippen LogP contribution in [0.1, 0.15) is 58.4 Å². The highest BCUT2D eigenvalue weighted by Crippen LogP contribution is 2.31. The third kappa shape index (κ3) is 3.67. The number of nitrogens with one attached hydrogen (secondary N) is 1. The van der Waals surface area contributed by atoms with Crippen molar-refractivity contribution in [2.75, 3.05) is 13.1 Å². The molecule has 1 saturated carbocycles. The standard InChI is InChI=1S/C17H30N4/c1-14(2)20-10-4-5-15(8-11-20)19-16-6-3-7-17(16)21-12-9-18-13-21/h9,12-17,19H,3-8,10-11H2,1-2H3. The van der Waals surface area contributed by atoms with Crippen LogP contribution in [0.3, 0.4) is 0 Å². The Bertz CT molecular complexity index is 414. The van der Waals surface area contributed by atoms with E-state index in [-0.39, 0.29) is 0 Å². The van der Waals surface area contributed by atoms with Crippen LogP contribution in [0, 0.1) is 0 Å². The highest BCUT2D eigenvalue weighted by molar-refractivity contribution is 4.93. The van der Waals surface area contributed by atoms with E-state index in [9.17, 15) is 0 Å². The lowest BCUT2D eigenvalue weighted by Gasteiger charge is -2.28. The van der Waals surface area contributed by atoms with Crippen LogP contribution in [0.2, 0.25) is 0 Å². The van der Waals surface area contributed by atoms with E-state index in [0.29, 0.717) is 24.2 Å². The number of rotatable bonds is 4. The van der Waals surface area contributed by atoms with Crippen LogP contribution >= 0.6 is 0 Å². The smallest absolute Gasteiger partial charge is 0.0949 e. The molecule has 1 aromatic rings. The number of nitrogens with zero attached hydrogens (tertiary/aromatic N) is 3. The van der Waals surface area contributed by atoms with Crippen molar-refractivity contribution in [1.29, 1.82) is 0 Å². The van der Waals surface area contributed by atoms with Crippen LogP contribution in [0.5, 0.6) is 0 Å². The van der Waals surface area contributed by atoms with Crippen molar-refractivity contribution in [2.45, 2.75) is 76.5 Å². The zero-order valence-corrected chi connectivity index (χ0v) is 13.5. The van der Waals surface area contributed by atoms with Gasteiger partial charge in [-0.1, -0.05) is 0 Å².